The maximum absolute atomic E-state index is 5.34. The van der Waals surface area contributed by atoms with Gasteiger partial charge in [-0.3, -0.25) is 4.90 Å². The first-order chi connectivity index (χ1) is 8.86. The summed E-state index contributed by atoms with van der Waals surface area (Å²) in [7, 11) is 0. The average Bonchev–Trinajstić information content (AvgIpc) is 2.87. The summed E-state index contributed by atoms with van der Waals surface area (Å²) in [6.45, 7) is 4.12. The molecule has 0 spiro atoms. The second kappa shape index (κ2) is 5.39. The van der Waals surface area contributed by atoms with Crippen molar-refractivity contribution in [3.63, 3.8) is 0 Å². The van der Waals surface area contributed by atoms with Crippen molar-refractivity contribution in [1.29, 1.82) is 0 Å². The Balaban J connectivity index is 1.66. The lowest BCUT2D eigenvalue weighted by atomic mass is 9.78. The van der Waals surface area contributed by atoms with Gasteiger partial charge in [0.05, 0.1) is 6.54 Å². The molecule has 2 fully saturated rings. The van der Waals surface area contributed by atoms with E-state index in [4.69, 9.17) is 4.52 Å². The number of hydrogen-bond donors (Lipinski definition) is 0. The molecule has 100 valence electrons. The van der Waals surface area contributed by atoms with Gasteiger partial charge in [-0.15, -0.1) is 0 Å². The molecular weight excluding hydrogens is 226 g/mol. The lowest BCUT2D eigenvalue weighted by Crippen LogP contribution is -2.46. The zero-order valence-corrected chi connectivity index (χ0v) is 11.3. The molecule has 1 aromatic heterocycles. The molecule has 4 nitrogen and oxygen atoms in total. The summed E-state index contributed by atoms with van der Waals surface area (Å²) >= 11 is 0. The summed E-state index contributed by atoms with van der Waals surface area (Å²) in [5.41, 5.74) is 0. The molecule has 1 aromatic rings. The third-order valence-corrected chi connectivity index (χ3v) is 4.52. The van der Waals surface area contributed by atoms with E-state index in [0.29, 0.717) is 0 Å². The van der Waals surface area contributed by atoms with Crippen molar-refractivity contribution in [1.82, 2.24) is 15.0 Å². The Hall–Kier alpha value is -0.900. The lowest BCUT2D eigenvalue weighted by Gasteiger charge is -2.43. The highest BCUT2D eigenvalue weighted by Gasteiger charge is 2.33. The molecule has 0 radical (unpaired) electrons. The Morgan fingerprint density at radius 1 is 1.22 bits per heavy atom. The Bertz CT molecular complexity index is 388. The van der Waals surface area contributed by atoms with Crippen molar-refractivity contribution in [2.45, 2.75) is 64.5 Å². The first-order valence-corrected chi connectivity index (χ1v) is 7.42. The molecule has 0 amide bonds. The number of likely N-dealkylation sites (tertiary alicyclic amines) is 1. The standard InChI is InChI=1S/C14H23N3O/c1-2-13-15-14(18-16-13)10-17-9-5-7-11-6-3-4-8-12(11)17/h11-12H,2-10H2,1H3/t11-,12-/m1/s1. The third-order valence-electron chi connectivity index (χ3n) is 4.52. The van der Waals surface area contributed by atoms with E-state index in [-0.39, 0.29) is 0 Å². The number of piperidine rings is 1. The van der Waals surface area contributed by atoms with Crippen LogP contribution in [0.1, 0.15) is 57.2 Å². The Kier molecular flexibility index (Phi) is 3.64. The summed E-state index contributed by atoms with van der Waals surface area (Å²) in [5.74, 6) is 2.56. The van der Waals surface area contributed by atoms with Crippen LogP contribution in [0.3, 0.4) is 0 Å². The van der Waals surface area contributed by atoms with Gasteiger partial charge >= 0.3 is 0 Å². The van der Waals surface area contributed by atoms with Gasteiger partial charge < -0.3 is 4.52 Å². The molecule has 4 heteroatoms. The molecule has 0 aromatic carbocycles. The fourth-order valence-corrected chi connectivity index (χ4v) is 3.60. The third kappa shape index (κ3) is 2.44. The zero-order chi connectivity index (χ0) is 12.4. The number of fused-ring (bicyclic) bond motifs is 1. The van der Waals surface area contributed by atoms with Crippen LogP contribution in [0.15, 0.2) is 4.52 Å². The number of rotatable bonds is 3. The van der Waals surface area contributed by atoms with E-state index in [9.17, 15) is 0 Å². The van der Waals surface area contributed by atoms with E-state index >= 15 is 0 Å². The predicted molar refractivity (Wildman–Crippen MR) is 69.1 cm³/mol. The molecule has 0 unspecified atom stereocenters. The van der Waals surface area contributed by atoms with E-state index in [1.165, 1.54) is 45.1 Å². The minimum atomic E-state index is 0.768. The highest BCUT2D eigenvalue weighted by atomic mass is 16.5. The zero-order valence-electron chi connectivity index (χ0n) is 11.3. The van der Waals surface area contributed by atoms with Crippen LogP contribution < -0.4 is 0 Å². The maximum atomic E-state index is 5.34. The van der Waals surface area contributed by atoms with Gasteiger partial charge in [-0.2, -0.15) is 4.98 Å². The van der Waals surface area contributed by atoms with Crippen LogP contribution in [0.25, 0.3) is 0 Å². The number of aryl methyl sites for hydroxylation is 1. The highest BCUT2D eigenvalue weighted by Crippen LogP contribution is 2.35. The minimum Gasteiger partial charge on any atom is -0.338 e. The van der Waals surface area contributed by atoms with Crippen LogP contribution >= 0.6 is 0 Å². The summed E-state index contributed by atoms with van der Waals surface area (Å²) in [4.78, 5) is 7.02. The van der Waals surface area contributed by atoms with E-state index in [1.807, 2.05) is 0 Å². The molecule has 3 rings (SSSR count). The van der Waals surface area contributed by atoms with Crippen molar-refractivity contribution in [3.05, 3.63) is 11.7 Å². The van der Waals surface area contributed by atoms with Gasteiger partial charge in [-0.05, 0) is 38.1 Å². The van der Waals surface area contributed by atoms with Gasteiger partial charge in [0, 0.05) is 12.5 Å². The van der Waals surface area contributed by atoms with Crippen molar-refractivity contribution < 1.29 is 4.52 Å². The second-order valence-electron chi connectivity index (χ2n) is 5.68. The summed E-state index contributed by atoms with van der Waals surface area (Å²) in [5, 5.41) is 3.99. The molecule has 2 heterocycles. The number of nitrogens with zero attached hydrogens (tertiary/aromatic N) is 3. The van der Waals surface area contributed by atoms with E-state index in [2.05, 4.69) is 22.0 Å². The smallest absolute Gasteiger partial charge is 0.240 e. The molecule has 1 saturated heterocycles. The van der Waals surface area contributed by atoms with Crippen LogP contribution in [0.2, 0.25) is 0 Å². The molecule has 1 saturated carbocycles. The molecule has 0 N–H and O–H groups in total. The lowest BCUT2D eigenvalue weighted by molar-refractivity contribution is 0.0466. The van der Waals surface area contributed by atoms with Gasteiger partial charge in [-0.25, -0.2) is 0 Å². The van der Waals surface area contributed by atoms with Crippen LogP contribution in [0.4, 0.5) is 0 Å². The Labute approximate surface area is 109 Å². The Morgan fingerprint density at radius 2 is 2.06 bits per heavy atom. The molecule has 0 bridgehead atoms. The SMILES string of the molecule is CCc1noc(CN2CCC[C@H]3CCCC[C@H]32)n1. The molecule has 18 heavy (non-hydrogen) atoms. The molecular formula is C14H23N3O. The van der Waals surface area contributed by atoms with Crippen molar-refractivity contribution in [2.75, 3.05) is 6.54 Å². The number of aromatic nitrogens is 2. The number of hydrogen-bond acceptors (Lipinski definition) is 4. The first-order valence-electron chi connectivity index (χ1n) is 7.42. The van der Waals surface area contributed by atoms with E-state index in [1.54, 1.807) is 0 Å². The molecule has 2 aliphatic rings. The van der Waals surface area contributed by atoms with Gasteiger partial charge in [0.25, 0.3) is 0 Å². The quantitative estimate of drug-likeness (QED) is 0.826. The van der Waals surface area contributed by atoms with Gasteiger partial charge in [0.2, 0.25) is 5.89 Å². The maximum Gasteiger partial charge on any atom is 0.240 e. The second-order valence-corrected chi connectivity index (χ2v) is 5.68. The first kappa shape index (κ1) is 12.2. The highest BCUT2D eigenvalue weighted by molar-refractivity contribution is 4.91. The van der Waals surface area contributed by atoms with Crippen LogP contribution in [-0.4, -0.2) is 27.6 Å². The predicted octanol–water partition coefficient (Wildman–Crippen LogP) is 2.79. The van der Waals surface area contributed by atoms with Crippen LogP contribution in [-0.2, 0) is 13.0 Å². The van der Waals surface area contributed by atoms with Crippen molar-refractivity contribution in [3.8, 4) is 0 Å². The minimum absolute atomic E-state index is 0.768. The van der Waals surface area contributed by atoms with E-state index < -0.39 is 0 Å². The molecule has 1 aliphatic heterocycles. The van der Waals surface area contributed by atoms with Crippen LogP contribution in [0, 0.1) is 5.92 Å². The topological polar surface area (TPSA) is 42.2 Å². The molecule has 2 atom stereocenters. The average molecular weight is 249 g/mol. The molecule has 1 aliphatic carbocycles. The van der Waals surface area contributed by atoms with Crippen LogP contribution in [0.5, 0.6) is 0 Å². The summed E-state index contributed by atoms with van der Waals surface area (Å²) in [6.07, 6.45) is 9.21. The van der Waals surface area contributed by atoms with E-state index in [0.717, 1.165) is 36.6 Å². The summed E-state index contributed by atoms with van der Waals surface area (Å²) < 4.78 is 5.34. The normalized spacial score (nSPS) is 29.2. The fourth-order valence-electron chi connectivity index (χ4n) is 3.60. The Morgan fingerprint density at radius 3 is 2.89 bits per heavy atom. The largest absolute Gasteiger partial charge is 0.338 e. The van der Waals surface area contributed by atoms with Gasteiger partial charge in [0.1, 0.15) is 0 Å². The van der Waals surface area contributed by atoms with Crippen molar-refractivity contribution >= 4 is 0 Å². The summed E-state index contributed by atoms with van der Waals surface area (Å²) in [6, 6.07) is 0.768. The van der Waals surface area contributed by atoms with Gasteiger partial charge in [0.15, 0.2) is 5.82 Å². The monoisotopic (exact) mass is 249 g/mol. The fraction of sp³-hybridized carbons (Fsp3) is 0.857. The van der Waals surface area contributed by atoms with Gasteiger partial charge in [-0.1, -0.05) is 24.9 Å². The van der Waals surface area contributed by atoms with Crippen molar-refractivity contribution in [2.24, 2.45) is 5.92 Å².